The maximum absolute atomic E-state index is 4.77. The van der Waals surface area contributed by atoms with Gasteiger partial charge in [-0.05, 0) is 51.4 Å². The topological polar surface area (TPSA) is 12.4 Å². The molecule has 0 spiro atoms. The van der Waals surface area contributed by atoms with Crippen LogP contribution in [0.4, 0.5) is 0 Å². The fourth-order valence-electron chi connectivity index (χ4n) is 2.20. The molecule has 1 saturated carbocycles. The van der Waals surface area contributed by atoms with Crippen LogP contribution in [0.1, 0.15) is 57.8 Å². The molecule has 1 fully saturated rings. The van der Waals surface area contributed by atoms with Crippen LogP contribution in [0, 0.1) is 0 Å². The number of hydrogen-bond donors (Lipinski definition) is 0. The van der Waals surface area contributed by atoms with Crippen molar-refractivity contribution in [1.82, 2.24) is 0 Å². The molecule has 0 unspecified atom stereocenters. The van der Waals surface area contributed by atoms with Gasteiger partial charge in [0, 0.05) is 11.4 Å². The Morgan fingerprint density at radius 2 is 1.62 bits per heavy atom. The molecule has 0 aromatic carbocycles. The van der Waals surface area contributed by atoms with Crippen LogP contribution >= 0.6 is 0 Å². The van der Waals surface area contributed by atoms with E-state index in [1.54, 1.807) is 0 Å². The van der Waals surface area contributed by atoms with Crippen molar-refractivity contribution in [2.24, 2.45) is 4.99 Å². The van der Waals surface area contributed by atoms with E-state index in [4.69, 9.17) is 4.99 Å². The van der Waals surface area contributed by atoms with E-state index in [0.717, 1.165) is 0 Å². The lowest BCUT2D eigenvalue weighted by Crippen LogP contribution is -2.05. The van der Waals surface area contributed by atoms with Crippen molar-refractivity contribution in [2.45, 2.75) is 57.8 Å². The lowest BCUT2D eigenvalue weighted by Gasteiger charge is -2.15. The van der Waals surface area contributed by atoms with Crippen LogP contribution in [0.5, 0.6) is 0 Å². The third-order valence-corrected chi connectivity index (χ3v) is 3.00. The number of allylic oxidation sites excluding steroid dienone is 2. The first-order valence-electron chi connectivity index (χ1n) is 5.70. The van der Waals surface area contributed by atoms with E-state index in [-0.39, 0.29) is 0 Å². The Hall–Kier alpha value is -0.590. The molecule has 0 radical (unpaired) electrons. The summed E-state index contributed by atoms with van der Waals surface area (Å²) < 4.78 is 0. The molecule has 0 amide bonds. The molecule has 0 bridgehead atoms. The average molecular weight is 177 g/mol. The van der Waals surface area contributed by atoms with Crippen molar-refractivity contribution in [3.8, 4) is 0 Å². The third kappa shape index (κ3) is 2.68. The highest BCUT2D eigenvalue weighted by molar-refractivity contribution is 5.85. The van der Waals surface area contributed by atoms with Crippen LogP contribution in [-0.4, -0.2) is 5.71 Å². The standard InChI is InChI=1S/C12H19N/c1-3-7-11(8-4-1)13-12-9-5-2-6-10-12/h7H,1-6,8-10H2. The van der Waals surface area contributed by atoms with Crippen LogP contribution in [0.15, 0.2) is 16.8 Å². The van der Waals surface area contributed by atoms with E-state index in [2.05, 4.69) is 6.08 Å². The van der Waals surface area contributed by atoms with Crippen molar-refractivity contribution in [1.29, 1.82) is 0 Å². The van der Waals surface area contributed by atoms with Crippen molar-refractivity contribution < 1.29 is 0 Å². The summed E-state index contributed by atoms with van der Waals surface area (Å²) in [6.45, 7) is 0. The molecule has 0 atom stereocenters. The Morgan fingerprint density at radius 1 is 0.846 bits per heavy atom. The lowest BCUT2D eigenvalue weighted by molar-refractivity contribution is 0.658. The molecule has 2 aliphatic rings. The van der Waals surface area contributed by atoms with Crippen molar-refractivity contribution in [2.75, 3.05) is 0 Å². The first-order valence-corrected chi connectivity index (χ1v) is 5.70. The molecule has 0 aromatic rings. The zero-order chi connectivity index (χ0) is 8.93. The molecular weight excluding hydrogens is 158 g/mol. The Bertz CT molecular complexity index is 217. The fraction of sp³-hybridized carbons (Fsp3) is 0.750. The van der Waals surface area contributed by atoms with Gasteiger partial charge in [0.25, 0.3) is 0 Å². The number of hydrogen-bond acceptors (Lipinski definition) is 1. The predicted octanol–water partition coefficient (Wildman–Crippen LogP) is 3.85. The Labute approximate surface area is 80.9 Å². The molecule has 0 N–H and O–H groups in total. The second-order valence-electron chi connectivity index (χ2n) is 4.18. The first-order chi connectivity index (χ1) is 6.45. The van der Waals surface area contributed by atoms with Crippen molar-refractivity contribution in [3.63, 3.8) is 0 Å². The van der Waals surface area contributed by atoms with E-state index in [1.807, 2.05) is 0 Å². The second-order valence-corrected chi connectivity index (χ2v) is 4.18. The summed E-state index contributed by atoms with van der Waals surface area (Å²) >= 11 is 0. The third-order valence-electron chi connectivity index (χ3n) is 3.00. The van der Waals surface area contributed by atoms with Crippen molar-refractivity contribution in [3.05, 3.63) is 11.8 Å². The van der Waals surface area contributed by atoms with Gasteiger partial charge in [-0.2, -0.15) is 0 Å². The summed E-state index contributed by atoms with van der Waals surface area (Å²) in [6.07, 6.45) is 14.2. The lowest BCUT2D eigenvalue weighted by atomic mass is 9.98. The van der Waals surface area contributed by atoms with Gasteiger partial charge in [-0.3, -0.25) is 4.99 Å². The summed E-state index contributed by atoms with van der Waals surface area (Å²) in [5, 5.41) is 0. The molecule has 0 aliphatic heterocycles. The maximum Gasteiger partial charge on any atom is 0.0363 e. The van der Waals surface area contributed by atoms with Gasteiger partial charge in [-0.15, -0.1) is 0 Å². The van der Waals surface area contributed by atoms with Gasteiger partial charge < -0.3 is 0 Å². The number of nitrogens with zero attached hydrogens (tertiary/aromatic N) is 1. The summed E-state index contributed by atoms with van der Waals surface area (Å²) in [5.41, 5.74) is 2.85. The summed E-state index contributed by atoms with van der Waals surface area (Å²) in [4.78, 5) is 4.77. The highest BCUT2D eigenvalue weighted by atomic mass is 14.8. The monoisotopic (exact) mass is 177 g/mol. The normalized spacial score (nSPS) is 24.0. The van der Waals surface area contributed by atoms with Crippen LogP contribution in [0.2, 0.25) is 0 Å². The average Bonchev–Trinajstić information content (AvgIpc) is 2.21. The maximum atomic E-state index is 4.77. The highest BCUT2D eigenvalue weighted by Gasteiger charge is 2.08. The van der Waals surface area contributed by atoms with Crippen LogP contribution in [0.25, 0.3) is 0 Å². The van der Waals surface area contributed by atoms with Gasteiger partial charge in [0.15, 0.2) is 0 Å². The fourth-order valence-corrected chi connectivity index (χ4v) is 2.20. The molecule has 1 nitrogen and oxygen atoms in total. The zero-order valence-corrected chi connectivity index (χ0v) is 8.39. The predicted molar refractivity (Wildman–Crippen MR) is 57.1 cm³/mol. The van der Waals surface area contributed by atoms with Crippen LogP contribution < -0.4 is 0 Å². The van der Waals surface area contributed by atoms with Crippen LogP contribution in [0.3, 0.4) is 0 Å². The smallest absolute Gasteiger partial charge is 0.0363 e. The van der Waals surface area contributed by atoms with E-state index < -0.39 is 0 Å². The SMILES string of the molecule is C1=C(N=C2CCCCC2)CCCC1. The minimum absolute atomic E-state index is 1.23. The molecule has 2 rings (SSSR count). The Balaban J connectivity index is 1.96. The molecular formula is C12H19N. The van der Waals surface area contributed by atoms with Gasteiger partial charge in [0.1, 0.15) is 0 Å². The van der Waals surface area contributed by atoms with E-state index >= 15 is 0 Å². The first kappa shape index (κ1) is 8.98. The minimum Gasteiger partial charge on any atom is -0.263 e. The molecule has 0 heterocycles. The molecule has 0 aromatic heterocycles. The van der Waals surface area contributed by atoms with Crippen molar-refractivity contribution >= 4 is 5.71 Å². The summed E-state index contributed by atoms with van der Waals surface area (Å²) in [5.74, 6) is 0. The molecule has 72 valence electrons. The van der Waals surface area contributed by atoms with E-state index in [9.17, 15) is 0 Å². The zero-order valence-electron chi connectivity index (χ0n) is 8.39. The highest BCUT2D eigenvalue weighted by Crippen LogP contribution is 2.21. The molecule has 2 aliphatic carbocycles. The number of aliphatic imine (C=N–C) groups is 1. The van der Waals surface area contributed by atoms with E-state index in [0.29, 0.717) is 0 Å². The van der Waals surface area contributed by atoms with Gasteiger partial charge in [-0.1, -0.05) is 12.5 Å². The van der Waals surface area contributed by atoms with Gasteiger partial charge in [0.2, 0.25) is 0 Å². The largest absolute Gasteiger partial charge is 0.263 e. The van der Waals surface area contributed by atoms with Gasteiger partial charge >= 0.3 is 0 Å². The Kier molecular flexibility index (Phi) is 3.17. The molecule has 13 heavy (non-hydrogen) atoms. The van der Waals surface area contributed by atoms with Crippen LogP contribution in [-0.2, 0) is 0 Å². The second kappa shape index (κ2) is 4.59. The van der Waals surface area contributed by atoms with E-state index in [1.165, 1.54) is 69.2 Å². The van der Waals surface area contributed by atoms with Gasteiger partial charge in [-0.25, -0.2) is 0 Å². The molecule has 0 saturated heterocycles. The summed E-state index contributed by atoms with van der Waals surface area (Å²) in [7, 11) is 0. The quantitative estimate of drug-likeness (QED) is 0.577. The molecule has 1 heteroatoms. The minimum atomic E-state index is 1.23. The Morgan fingerprint density at radius 3 is 2.31 bits per heavy atom. The van der Waals surface area contributed by atoms with Gasteiger partial charge in [0.05, 0.1) is 0 Å². The summed E-state index contributed by atoms with van der Waals surface area (Å²) in [6, 6.07) is 0. The number of rotatable bonds is 1.